The fourth-order valence-electron chi connectivity index (χ4n) is 5.61. The van der Waals surface area contributed by atoms with Gasteiger partial charge in [-0.3, -0.25) is 9.08 Å². The molecule has 0 amide bonds. The van der Waals surface area contributed by atoms with Crippen molar-refractivity contribution in [3.63, 3.8) is 0 Å². The molecule has 1 saturated heterocycles. The molecule has 4 heterocycles. The van der Waals surface area contributed by atoms with Gasteiger partial charge in [0.05, 0.1) is 17.4 Å². The third kappa shape index (κ3) is 3.35. The number of rotatable bonds is 6. The quantitative estimate of drug-likeness (QED) is 0.520. The molecule has 0 unspecified atom stereocenters. The summed E-state index contributed by atoms with van der Waals surface area (Å²) < 4.78 is 17.7. The summed E-state index contributed by atoms with van der Waals surface area (Å²) in [5, 5.41) is 16.5. The van der Waals surface area contributed by atoms with E-state index in [0.717, 1.165) is 38.5 Å². The maximum absolute atomic E-state index is 14.2. The lowest BCUT2D eigenvalue weighted by Gasteiger charge is -2.59. The zero-order chi connectivity index (χ0) is 21.0. The van der Waals surface area contributed by atoms with Crippen LogP contribution in [0.1, 0.15) is 18.4 Å². The number of aryl methyl sites for hydroxylation is 1. The highest BCUT2D eigenvalue weighted by molar-refractivity contribution is 5.79. The van der Waals surface area contributed by atoms with E-state index in [9.17, 15) is 4.39 Å². The summed E-state index contributed by atoms with van der Waals surface area (Å²) in [4.78, 5) is 2.47. The third-order valence-corrected chi connectivity index (χ3v) is 7.03. The molecule has 1 aliphatic heterocycles. The first kappa shape index (κ1) is 18.7. The molecule has 6 rings (SSSR count). The van der Waals surface area contributed by atoms with E-state index in [0.29, 0.717) is 16.7 Å². The summed E-state index contributed by atoms with van der Waals surface area (Å²) in [5.74, 6) is 0.508. The minimum absolute atomic E-state index is 0.279. The predicted octanol–water partition coefficient (Wildman–Crippen LogP) is 3.12. The molecular formula is C23H26FN7. The Morgan fingerprint density at radius 1 is 1.23 bits per heavy atom. The molecule has 31 heavy (non-hydrogen) atoms. The number of nitrogens with zero attached hydrogens (tertiary/aromatic N) is 6. The molecule has 160 valence electrons. The maximum Gasteiger partial charge on any atom is 0.163 e. The molecule has 1 saturated carbocycles. The fraction of sp³-hybridized carbons (Fsp3) is 0.435. The van der Waals surface area contributed by atoms with E-state index in [1.807, 2.05) is 17.9 Å². The zero-order valence-electron chi connectivity index (χ0n) is 17.6. The van der Waals surface area contributed by atoms with Crippen molar-refractivity contribution in [2.75, 3.05) is 31.5 Å². The molecule has 3 aromatic heterocycles. The van der Waals surface area contributed by atoms with Gasteiger partial charge >= 0.3 is 0 Å². The first-order chi connectivity index (χ1) is 15.1. The Morgan fingerprint density at radius 2 is 2.10 bits per heavy atom. The summed E-state index contributed by atoms with van der Waals surface area (Å²) >= 11 is 0. The molecule has 1 spiro atoms. The second kappa shape index (κ2) is 7.02. The van der Waals surface area contributed by atoms with Gasteiger partial charge in [0.2, 0.25) is 0 Å². The second-order valence-corrected chi connectivity index (χ2v) is 9.41. The van der Waals surface area contributed by atoms with Gasteiger partial charge in [-0.25, -0.2) is 4.39 Å². The summed E-state index contributed by atoms with van der Waals surface area (Å²) in [6.45, 7) is 3.99. The smallest absolute Gasteiger partial charge is 0.163 e. The van der Waals surface area contributed by atoms with Crippen molar-refractivity contribution in [3.8, 4) is 0 Å². The molecule has 7 nitrogen and oxygen atoms in total. The Balaban J connectivity index is 0.967. The van der Waals surface area contributed by atoms with E-state index in [1.54, 1.807) is 10.5 Å². The summed E-state index contributed by atoms with van der Waals surface area (Å²) in [6, 6.07) is 8.44. The molecule has 8 heteroatoms. The van der Waals surface area contributed by atoms with Crippen molar-refractivity contribution in [2.24, 2.45) is 18.4 Å². The normalized spacial score (nSPS) is 18.5. The van der Waals surface area contributed by atoms with Crippen LogP contribution in [0.4, 0.5) is 10.1 Å². The van der Waals surface area contributed by atoms with Gasteiger partial charge in [-0.15, -0.1) is 10.2 Å². The van der Waals surface area contributed by atoms with Crippen molar-refractivity contribution in [1.82, 2.24) is 29.3 Å². The number of fused-ring (bicyclic) bond motifs is 2. The van der Waals surface area contributed by atoms with E-state index in [-0.39, 0.29) is 5.82 Å². The summed E-state index contributed by atoms with van der Waals surface area (Å²) in [5.41, 5.74) is 4.30. The van der Waals surface area contributed by atoms with Crippen LogP contribution in [0.25, 0.3) is 16.6 Å². The van der Waals surface area contributed by atoms with Gasteiger partial charge in [0.1, 0.15) is 6.33 Å². The fourth-order valence-corrected chi connectivity index (χ4v) is 5.61. The van der Waals surface area contributed by atoms with Crippen molar-refractivity contribution in [1.29, 1.82) is 0 Å². The molecule has 1 aromatic carbocycles. The number of pyridine rings is 1. The third-order valence-electron chi connectivity index (χ3n) is 7.03. The SMILES string of the molecule is Cn1ncc2ccc(CC3CC4(C3)CN(CCNc3cc5nncn5cc3F)C4)cc21. The zero-order valence-corrected chi connectivity index (χ0v) is 17.6. The van der Waals surface area contributed by atoms with E-state index < -0.39 is 0 Å². The Kier molecular flexibility index (Phi) is 4.24. The van der Waals surface area contributed by atoms with Gasteiger partial charge in [-0.1, -0.05) is 12.1 Å². The number of hydrogen-bond acceptors (Lipinski definition) is 5. The standard InChI is InChI=1S/C23H26FN7/c1-29-21-7-16(2-3-18(21)11-27-29)6-17-9-23(10-17)13-30(14-23)5-4-25-20-8-22-28-26-15-31(22)12-19(20)24/h2-3,7-8,11-12,15,17,25H,4-6,9-10,13-14H2,1H3. The van der Waals surface area contributed by atoms with E-state index in [1.165, 1.54) is 41.8 Å². The molecular weight excluding hydrogens is 393 g/mol. The van der Waals surface area contributed by atoms with Crippen LogP contribution in [-0.2, 0) is 13.5 Å². The van der Waals surface area contributed by atoms with Crippen LogP contribution in [0, 0.1) is 17.2 Å². The highest BCUT2D eigenvalue weighted by Gasteiger charge is 2.51. The average molecular weight is 420 g/mol. The maximum atomic E-state index is 14.2. The number of aromatic nitrogens is 5. The first-order valence-corrected chi connectivity index (χ1v) is 10.9. The lowest BCUT2D eigenvalue weighted by Crippen LogP contribution is -2.63. The topological polar surface area (TPSA) is 63.3 Å². The van der Waals surface area contributed by atoms with Crippen molar-refractivity contribution >= 4 is 22.2 Å². The number of nitrogens with one attached hydrogen (secondary N) is 1. The summed E-state index contributed by atoms with van der Waals surface area (Å²) in [6.07, 6.45) is 8.64. The largest absolute Gasteiger partial charge is 0.381 e. The number of benzene rings is 1. The second-order valence-electron chi connectivity index (χ2n) is 9.41. The number of likely N-dealkylation sites (tertiary alicyclic amines) is 1. The average Bonchev–Trinajstić information content (AvgIpc) is 3.30. The molecule has 4 aromatic rings. The Labute approximate surface area is 179 Å². The number of anilines is 1. The minimum Gasteiger partial charge on any atom is -0.381 e. The van der Waals surface area contributed by atoms with Gasteiger partial charge in [0.15, 0.2) is 11.5 Å². The Hall–Kier alpha value is -3.00. The van der Waals surface area contributed by atoms with Crippen molar-refractivity contribution in [2.45, 2.75) is 19.3 Å². The van der Waals surface area contributed by atoms with Crippen LogP contribution in [0.15, 0.2) is 43.0 Å². The minimum atomic E-state index is -0.279. The highest BCUT2D eigenvalue weighted by atomic mass is 19.1. The monoisotopic (exact) mass is 419 g/mol. The van der Waals surface area contributed by atoms with Crippen LogP contribution in [-0.4, -0.2) is 55.5 Å². The molecule has 0 bridgehead atoms. The van der Waals surface area contributed by atoms with Crippen LogP contribution in [0.2, 0.25) is 0 Å². The molecule has 2 aliphatic rings. The lowest BCUT2D eigenvalue weighted by atomic mass is 9.56. The van der Waals surface area contributed by atoms with Crippen LogP contribution in [0.3, 0.4) is 0 Å². The van der Waals surface area contributed by atoms with E-state index in [2.05, 4.69) is 43.7 Å². The Bertz CT molecular complexity index is 1250. The molecule has 1 aliphatic carbocycles. The number of hydrogen-bond donors (Lipinski definition) is 1. The van der Waals surface area contributed by atoms with Gasteiger partial charge in [-0.2, -0.15) is 5.10 Å². The molecule has 0 radical (unpaired) electrons. The molecule has 2 fully saturated rings. The van der Waals surface area contributed by atoms with Crippen LogP contribution >= 0.6 is 0 Å². The number of halogens is 1. The van der Waals surface area contributed by atoms with Crippen LogP contribution < -0.4 is 5.32 Å². The summed E-state index contributed by atoms with van der Waals surface area (Å²) in [7, 11) is 2.00. The van der Waals surface area contributed by atoms with Crippen LogP contribution in [0.5, 0.6) is 0 Å². The van der Waals surface area contributed by atoms with Gasteiger partial charge < -0.3 is 10.2 Å². The predicted molar refractivity (Wildman–Crippen MR) is 117 cm³/mol. The first-order valence-electron chi connectivity index (χ1n) is 10.9. The van der Waals surface area contributed by atoms with Crippen molar-refractivity contribution < 1.29 is 4.39 Å². The van der Waals surface area contributed by atoms with Crippen molar-refractivity contribution in [3.05, 3.63) is 54.4 Å². The lowest BCUT2D eigenvalue weighted by molar-refractivity contribution is -0.0916. The van der Waals surface area contributed by atoms with E-state index in [4.69, 9.17) is 0 Å². The van der Waals surface area contributed by atoms with Gasteiger partial charge in [-0.05, 0) is 42.2 Å². The van der Waals surface area contributed by atoms with Gasteiger partial charge in [0, 0.05) is 50.9 Å². The van der Waals surface area contributed by atoms with E-state index >= 15 is 0 Å². The Morgan fingerprint density at radius 3 is 2.97 bits per heavy atom. The highest BCUT2D eigenvalue weighted by Crippen LogP contribution is 2.52. The molecule has 1 N–H and O–H groups in total. The molecule has 0 atom stereocenters. The van der Waals surface area contributed by atoms with Gasteiger partial charge in [0.25, 0.3) is 0 Å².